The second-order valence-electron chi connectivity index (χ2n) is 5.05. The minimum Gasteiger partial charge on any atom is -0.444 e. The first-order chi connectivity index (χ1) is 6.78. The standard InChI is InChI=1S/C10H20N2O3/c1-10(2,3)15-9(14)12-7-4-6(11)5-8(7)13/h6-8,13H,4-5,11H2,1-3H3,(H,12,14)/t6-,7-,8?/m1/s1. The molecule has 1 amide bonds. The molecule has 5 heteroatoms. The molecule has 1 fully saturated rings. The number of aliphatic hydroxyl groups excluding tert-OH is 1. The minimum absolute atomic E-state index is 0.0417. The van der Waals surface area contributed by atoms with Gasteiger partial charge >= 0.3 is 6.09 Å². The highest BCUT2D eigenvalue weighted by Crippen LogP contribution is 2.18. The van der Waals surface area contributed by atoms with Crippen LogP contribution in [0.3, 0.4) is 0 Å². The summed E-state index contributed by atoms with van der Waals surface area (Å²) in [6, 6.07) is -0.324. The van der Waals surface area contributed by atoms with E-state index in [1.165, 1.54) is 0 Å². The fourth-order valence-electron chi connectivity index (χ4n) is 1.67. The molecule has 0 heterocycles. The topological polar surface area (TPSA) is 84.6 Å². The second-order valence-corrected chi connectivity index (χ2v) is 5.05. The molecule has 0 spiro atoms. The van der Waals surface area contributed by atoms with Gasteiger partial charge in [-0.15, -0.1) is 0 Å². The van der Waals surface area contributed by atoms with E-state index in [-0.39, 0.29) is 12.1 Å². The summed E-state index contributed by atoms with van der Waals surface area (Å²) in [5.74, 6) is 0. The summed E-state index contributed by atoms with van der Waals surface area (Å²) < 4.78 is 5.08. The molecule has 0 aromatic heterocycles. The van der Waals surface area contributed by atoms with E-state index < -0.39 is 17.8 Å². The Balaban J connectivity index is 2.39. The number of aliphatic hydroxyl groups is 1. The molecular formula is C10H20N2O3. The number of carbonyl (C=O) groups excluding carboxylic acids is 1. The number of amides is 1. The lowest BCUT2D eigenvalue weighted by Crippen LogP contribution is -2.42. The summed E-state index contributed by atoms with van der Waals surface area (Å²) in [5.41, 5.74) is 5.15. The van der Waals surface area contributed by atoms with Gasteiger partial charge in [0.2, 0.25) is 0 Å². The Labute approximate surface area is 90.0 Å². The number of alkyl carbamates (subject to hydrolysis) is 1. The summed E-state index contributed by atoms with van der Waals surface area (Å²) in [6.07, 6.45) is 0.0640. The lowest BCUT2D eigenvalue weighted by Gasteiger charge is -2.22. The molecule has 1 aliphatic carbocycles. The first-order valence-corrected chi connectivity index (χ1v) is 5.21. The highest BCUT2D eigenvalue weighted by molar-refractivity contribution is 5.68. The van der Waals surface area contributed by atoms with Crippen molar-refractivity contribution in [1.29, 1.82) is 0 Å². The third-order valence-corrected chi connectivity index (χ3v) is 2.27. The molecule has 3 atom stereocenters. The van der Waals surface area contributed by atoms with Gasteiger partial charge in [0.15, 0.2) is 0 Å². The Morgan fingerprint density at radius 2 is 2.07 bits per heavy atom. The zero-order valence-electron chi connectivity index (χ0n) is 9.49. The number of hydrogen-bond donors (Lipinski definition) is 3. The molecule has 0 aromatic rings. The summed E-state index contributed by atoms with van der Waals surface area (Å²) >= 11 is 0. The van der Waals surface area contributed by atoms with Gasteiger partial charge in [-0.3, -0.25) is 0 Å². The summed E-state index contributed by atoms with van der Waals surface area (Å²) in [5, 5.41) is 12.2. The number of nitrogens with one attached hydrogen (secondary N) is 1. The maximum absolute atomic E-state index is 11.4. The van der Waals surface area contributed by atoms with E-state index in [1.54, 1.807) is 20.8 Å². The number of rotatable bonds is 1. The van der Waals surface area contributed by atoms with Crippen molar-refractivity contribution >= 4 is 6.09 Å². The predicted molar refractivity (Wildman–Crippen MR) is 56.4 cm³/mol. The molecule has 15 heavy (non-hydrogen) atoms. The quantitative estimate of drug-likeness (QED) is 0.591. The van der Waals surface area contributed by atoms with E-state index in [9.17, 15) is 9.90 Å². The number of nitrogens with two attached hydrogens (primary N) is 1. The molecule has 0 radical (unpaired) electrons. The van der Waals surface area contributed by atoms with Crippen molar-refractivity contribution in [2.24, 2.45) is 5.73 Å². The molecule has 1 unspecified atom stereocenters. The molecule has 1 rings (SSSR count). The van der Waals surface area contributed by atoms with E-state index in [0.29, 0.717) is 12.8 Å². The van der Waals surface area contributed by atoms with Gasteiger partial charge < -0.3 is 20.9 Å². The van der Waals surface area contributed by atoms with Crippen LogP contribution in [-0.2, 0) is 4.74 Å². The second kappa shape index (κ2) is 4.37. The van der Waals surface area contributed by atoms with E-state index in [0.717, 1.165) is 0 Å². The first kappa shape index (κ1) is 12.3. The van der Waals surface area contributed by atoms with Crippen LogP contribution in [0.4, 0.5) is 4.79 Å². The van der Waals surface area contributed by atoms with Crippen LogP contribution in [0.25, 0.3) is 0 Å². The minimum atomic E-state index is -0.562. The molecule has 0 aromatic carbocycles. The van der Waals surface area contributed by atoms with Gasteiger partial charge in [-0.05, 0) is 33.6 Å². The van der Waals surface area contributed by atoms with Crippen molar-refractivity contribution in [2.75, 3.05) is 0 Å². The highest BCUT2D eigenvalue weighted by atomic mass is 16.6. The van der Waals surface area contributed by atoms with Gasteiger partial charge in [-0.1, -0.05) is 0 Å². The lowest BCUT2D eigenvalue weighted by atomic mass is 10.2. The number of carbonyl (C=O) groups is 1. The van der Waals surface area contributed by atoms with Gasteiger partial charge in [-0.2, -0.15) is 0 Å². The summed E-state index contributed by atoms with van der Waals surface area (Å²) in [7, 11) is 0. The van der Waals surface area contributed by atoms with Crippen LogP contribution in [0.2, 0.25) is 0 Å². The Hall–Kier alpha value is -0.810. The molecule has 1 aliphatic rings. The average Bonchev–Trinajstić information content (AvgIpc) is 2.25. The normalized spacial score (nSPS) is 31.4. The van der Waals surface area contributed by atoms with Crippen molar-refractivity contribution in [3.05, 3.63) is 0 Å². The molecule has 5 nitrogen and oxygen atoms in total. The zero-order chi connectivity index (χ0) is 11.6. The molecule has 0 saturated heterocycles. The van der Waals surface area contributed by atoms with Crippen molar-refractivity contribution < 1.29 is 14.6 Å². The van der Waals surface area contributed by atoms with Crippen molar-refractivity contribution in [2.45, 2.75) is 57.4 Å². The maximum Gasteiger partial charge on any atom is 0.407 e. The zero-order valence-corrected chi connectivity index (χ0v) is 9.49. The molecular weight excluding hydrogens is 196 g/mol. The SMILES string of the molecule is CC(C)(C)OC(=O)N[C@@H]1C[C@@H](N)CC1O. The molecule has 1 saturated carbocycles. The fourth-order valence-corrected chi connectivity index (χ4v) is 1.67. The van der Waals surface area contributed by atoms with Crippen molar-refractivity contribution in [3.8, 4) is 0 Å². The number of ether oxygens (including phenoxy) is 1. The highest BCUT2D eigenvalue weighted by Gasteiger charge is 2.32. The van der Waals surface area contributed by atoms with Crippen LogP contribution in [0.15, 0.2) is 0 Å². The van der Waals surface area contributed by atoms with Gasteiger partial charge in [0.1, 0.15) is 5.60 Å². The van der Waals surface area contributed by atoms with Crippen LogP contribution in [-0.4, -0.2) is 35.0 Å². The lowest BCUT2D eigenvalue weighted by molar-refractivity contribution is 0.0450. The Bertz CT molecular complexity index is 237. The van der Waals surface area contributed by atoms with Gasteiger partial charge in [-0.25, -0.2) is 4.79 Å². The molecule has 0 aliphatic heterocycles. The van der Waals surface area contributed by atoms with Crippen LogP contribution in [0.5, 0.6) is 0 Å². The monoisotopic (exact) mass is 216 g/mol. The Kier molecular flexibility index (Phi) is 3.57. The van der Waals surface area contributed by atoms with E-state index in [4.69, 9.17) is 10.5 Å². The fraction of sp³-hybridized carbons (Fsp3) is 0.900. The number of hydrogen-bond acceptors (Lipinski definition) is 4. The van der Waals surface area contributed by atoms with Gasteiger partial charge in [0, 0.05) is 6.04 Å². The molecule has 88 valence electrons. The first-order valence-electron chi connectivity index (χ1n) is 5.21. The maximum atomic E-state index is 11.4. The third kappa shape index (κ3) is 4.05. The summed E-state index contributed by atoms with van der Waals surface area (Å²) in [4.78, 5) is 11.4. The smallest absolute Gasteiger partial charge is 0.407 e. The third-order valence-electron chi connectivity index (χ3n) is 2.27. The van der Waals surface area contributed by atoms with E-state index in [2.05, 4.69) is 5.32 Å². The Morgan fingerprint density at radius 1 is 1.47 bits per heavy atom. The van der Waals surface area contributed by atoms with Crippen LogP contribution < -0.4 is 11.1 Å². The average molecular weight is 216 g/mol. The van der Waals surface area contributed by atoms with Crippen LogP contribution >= 0.6 is 0 Å². The van der Waals surface area contributed by atoms with Gasteiger partial charge in [0.05, 0.1) is 12.1 Å². The van der Waals surface area contributed by atoms with Crippen LogP contribution in [0.1, 0.15) is 33.6 Å². The molecule has 0 bridgehead atoms. The van der Waals surface area contributed by atoms with E-state index >= 15 is 0 Å². The van der Waals surface area contributed by atoms with Crippen LogP contribution in [0, 0.1) is 0 Å². The van der Waals surface area contributed by atoms with Crippen molar-refractivity contribution in [3.63, 3.8) is 0 Å². The molecule has 4 N–H and O–H groups in total. The predicted octanol–water partition coefficient (Wildman–Crippen LogP) is 0.362. The van der Waals surface area contributed by atoms with E-state index in [1.807, 2.05) is 0 Å². The summed E-state index contributed by atoms with van der Waals surface area (Å²) in [6.45, 7) is 5.39. The Morgan fingerprint density at radius 3 is 2.47 bits per heavy atom. The largest absolute Gasteiger partial charge is 0.444 e. The van der Waals surface area contributed by atoms with Gasteiger partial charge in [0.25, 0.3) is 0 Å². The van der Waals surface area contributed by atoms with Crippen molar-refractivity contribution in [1.82, 2.24) is 5.32 Å².